The molecule has 0 spiro atoms. The molecule has 0 saturated heterocycles. The van der Waals surface area contributed by atoms with Crippen molar-refractivity contribution >= 4 is 23.0 Å². The number of nitrogens with one attached hydrogen (secondary N) is 1. The van der Waals surface area contributed by atoms with Crippen molar-refractivity contribution in [3.8, 4) is 0 Å². The minimum Gasteiger partial charge on any atom is -0.380 e. The molecule has 0 amide bonds. The van der Waals surface area contributed by atoms with Crippen molar-refractivity contribution in [3.05, 3.63) is 23.2 Å². The smallest absolute Gasteiger partial charge is 0.0597 e. The van der Waals surface area contributed by atoms with E-state index in [2.05, 4.69) is 37.3 Å². The Bertz CT molecular complexity index is 390. The standard InChI is InChI=1S/C14H21ClN2/c1-10-5-4-6-12(10)16-13-9-11(15)7-8-14(13)17(2)3/h7-10,12,16H,4-6H2,1-3H3. The summed E-state index contributed by atoms with van der Waals surface area (Å²) in [4.78, 5) is 2.12. The van der Waals surface area contributed by atoms with Crippen LogP contribution in [0.3, 0.4) is 0 Å². The second kappa shape index (κ2) is 5.18. The highest BCUT2D eigenvalue weighted by Crippen LogP contribution is 2.33. The van der Waals surface area contributed by atoms with E-state index in [4.69, 9.17) is 11.6 Å². The number of halogens is 1. The lowest BCUT2D eigenvalue weighted by atomic mass is 10.1. The van der Waals surface area contributed by atoms with Crippen LogP contribution in [-0.4, -0.2) is 20.1 Å². The van der Waals surface area contributed by atoms with Gasteiger partial charge >= 0.3 is 0 Å². The quantitative estimate of drug-likeness (QED) is 0.875. The van der Waals surface area contributed by atoms with Crippen molar-refractivity contribution in [1.29, 1.82) is 0 Å². The molecule has 2 rings (SSSR count). The van der Waals surface area contributed by atoms with Crippen molar-refractivity contribution in [2.24, 2.45) is 5.92 Å². The maximum atomic E-state index is 6.08. The Morgan fingerprint density at radius 3 is 2.65 bits per heavy atom. The van der Waals surface area contributed by atoms with Gasteiger partial charge in [-0.05, 0) is 37.0 Å². The van der Waals surface area contributed by atoms with Crippen LogP contribution in [0.5, 0.6) is 0 Å². The molecule has 17 heavy (non-hydrogen) atoms. The molecule has 0 aromatic heterocycles. The maximum absolute atomic E-state index is 6.08. The number of hydrogen-bond acceptors (Lipinski definition) is 2. The lowest BCUT2D eigenvalue weighted by Crippen LogP contribution is -2.23. The van der Waals surface area contributed by atoms with E-state index in [-0.39, 0.29) is 0 Å². The molecule has 0 radical (unpaired) electrons. The number of anilines is 2. The SMILES string of the molecule is CC1CCCC1Nc1cc(Cl)ccc1N(C)C. The topological polar surface area (TPSA) is 15.3 Å². The number of rotatable bonds is 3. The summed E-state index contributed by atoms with van der Waals surface area (Å²) in [5, 5.41) is 4.45. The Hall–Kier alpha value is -0.890. The minimum absolute atomic E-state index is 0.590. The highest BCUT2D eigenvalue weighted by atomic mass is 35.5. The molecule has 2 nitrogen and oxygen atoms in total. The maximum Gasteiger partial charge on any atom is 0.0597 e. The van der Waals surface area contributed by atoms with Crippen LogP contribution in [0.25, 0.3) is 0 Å². The van der Waals surface area contributed by atoms with E-state index in [1.165, 1.54) is 24.9 Å². The van der Waals surface area contributed by atoms with Gasteiger partial charge in [0.1, 0.15) is 0 Å². The zero-order valence-corrected chi connectivity index (χ0v) is 11.6. The van der Waals surface area contributed by atoms with Crippen LogP contribution in [0.2, 0.25) is 5.02 Å². The van der Waals surface area contributed by atoms with Gasteiger partial charge in [0.05, 0.1) is 11.4 Å². The largest absolute Gasteiger partial charge is 0.380 e. The van der Waals surface area contributed by atoms with Crippen molar-refractivity contribution in [3.63, 3.8) is 0 Å². The molecule has 0 aliphatic heterocycles. The minimum atomic E-state index is 0.590. The summed E-state index contributed by atoms with van der Waals surface area (Å²) in [5.41, 5.74) is 2.36. The third kappa shape index (κ3) is 2.86. The molecule has 0 heterocycles. The van der Waals surface area contributed by atoms with E-state index >= 15 is 0 Å². The van der Waals surface area contributed by atoms with Crippen LogP contribution in [-0.2, 0) is 0 Å². The molecule has 1 aromatic carbocycles. The average Bonchev–Trinajstić information content (AvgIpc) is 2.64. The molecule has 1 saturated carbocycles. The molecule has 94 valence electrons. The zero-order valence-electron chi connectivity index (χ0n) is 10.8. The van der Waals surface area contributed by atoms with Crippen molar-refractivity contribution in [2.45, 2.75) is 32.2 Å². The van der Waals surface area contributed by atoms with Crippen molar-refractivity contribution in [2.75, 3.05) is 24.3 Å². The Morgan fingerprint density at radius 1 is 1.29 bits per heavy atom. The molecule has 0 bridgehead atoms. The first-order chi connectivity index (χ1) is 8.08. The van der Waals surface area contributed by atoms with Gasteiger partial charge in [-0.25, -0.2) is 0 Å². The second-order valence-electron chi connectivity index (χ2n) is 5.21. The molecule has 1 fully saturated rings. The van der Waals surface area contributed by atoms with E-state index in [0.29, 0.717) is 6.04 Å². The third-order valence-corrected chi connectivity index (χ3v) is 3.88. The first kappa shape index (κ1) is 12.6. The van der Waals surface area contributed by atoms with Gasteiger partial charge in [-0.15, -0.1) is 0 Å². The van der Waals surface area contributed by atoms with Crippen LogP contribution in [0.15, 0.2) is 18.2 Å². The Kier molecular flexibility index (Phi) is 3.82. The summed E-state index contributed by atoms with van der Waals surface area (Å²) in [5.74, 6) is 0.754. The van der Waals surface area contributed by atoms with Crippen LogP contribution in [0.1, 0.15) is 26.2 Å². The van der Waals surface area contributed by atoms with E-state index < -0.39 is 0 Å². The average molecular weight is 253 g/mol. The Balaban J connectivity index is 2.21. The van der Waals surface area contributed by atoms with Gasteiger partial charge in [0.25, 0.3) is 0 Å². The molecule has 1 N–H and O–H groups in total. The molecular formula is C14H21ClN2. The predicted octanol–water partition coefficient (Wildman–Crippen LogP) is 4.01. The summed E-state index contributed by atoms with van der Waals surface area (Å²) in [6, 6.07) is 6.64. The first-order valence-electron chi connectivity index (χ1n) is 6.31. The number of hydrogen-bond donors (Lipinski definition) is 1. The molecule has 1 aromatic rings. The van der Waals surface area contributed by atoms with Crippen molar-refractivity contribution in [1.82, 2.24) is 0 Å². The lowest BCUT2D eigenvalue weighted by molar-refractivity contribution is 0.556. The second-order valence-corrected chi connectivity index (χ2v) is 5.65. The van der Waals surface area contributed by atoms with Crippen LogP contribution in [0, 0.1) is 5.92 Å². The predicted molar refractivity (Wildman–Crippen MR) is 76.2 cm³/mol. The van der Waals surface area contributed by atoms with Crippen LogP contribution in [0.4, 0.5) is 11.4 Å². The lowest BCUT2D eigenvalue weighted by Gasteiger charge is -2.24. The van der Waals surface area contributed by atoms with Gasteiger partial charge in [0.2, 0.25) is 0 Å². The molecule has 2 atom stereocenters. The fraction of sp³-hybridized carbons (Fsp3) is 0.571. The van der Waals surface area contributed by atoms with E-state index in [0.717, 1.165) is 16.6 Å². The van der Waals surface area contributed by atoms with Gasteiger partial charge in [-0.1, -0.05) is 24.9 Å². The molecular weight excluding hydrogens is 232 g/mol. The number of benzene rings is 1. The summed E-state index contributed by atoms with van der Waals surface area (Å²) in [7, 11) is 4.12. The van der Waals surface area contributed by atoms with E-state index in [1.807, 2.05) is 12.1 Å². The fourth-order valence-corrected chi connectivity index (χ4v) is 2.75. The normalized spacial score (nSPS) is 23.8. The molecule has 2 unspecified atom stereocenters. The highest BCUT2D eigenvalue weighted by Gasteiger charge is 2.23. The first-order valence-corrected chi connectivity index (χ1v) is 6.69. The summed E-state index contributed by atoms with van der Waals surface area (Å²) in [6.45, 7) is 2.32. The van der Waals surface area contributed by atoms with Crippen LogP contribution < -0.4 is 10.2 Å². The van der Waals surface area contributed by atoms with Gasteiger partial charge in [-0.3, -0.25) is 0 Å². The van der Waals surface area contributed by atoms with Gasteiger partial charge in [-0.2, -0.15) is 0 Å². The van der Waals surface area contributed by atoms with Crippen molar-refractivity contribution < 1.29 is 0 Å². The molecule has 1 aliphatic rings. The van der Waals surface area contributed by atoms with Gasteiger partial charge < -0.3 is 10.2 Å². The fourth-order valence-electron chi connectivity index (χ4n) is 2.57. The third-order valence-electron chi connectivity index (χ3n) is 3.64. The zero-order chi connectivity index (χ0) is 12.4. The van der Waals surface area contributed by atoms with E-state index in [9.17, 15) is 0 Å². The summed E-state index contributed by atoms with van der Waals surface area (Å²) < 4.78 is 0. The van der Waals surface area contributed by atoms with Crippen LogP contribution >= 0.6 is 11.6 Å². The Labute approximate surface area is 109 Å². The van der Waals surface area contributed by atoms with Gasteiger partial charge in [0.15, 0.2) is 0 Å². The molecule has 1 aliphatic carbocycles. The monoisotopic (exact) mass is 252 g/mol. The molecule has 3 heteroatoms. The van der Waals surface area contributed by atoms with Gasteiger partial charge in [0, 0.05) is 25.2 Å². The Morgan fingerprint density at radius 2 is 2.06 bits per heavy atom. The highest BCUT2D eigenvalue weighted by molar-refractivity contribution is 6.31. The summed E-state index contributed by atoms with van der Waals surface area (Å²) in [6.07, 6.45) is 3.92. The van der Waals surface area contributed by atoms with E-state index in [1.54, 1.807) is 0 Å². The number of nitrogens with zero attached hydrogens (tertiary/aromatic N) is 1. The summed E-state index contributed by atoms with van der Waals surface area (Å²) >= 11 is 6.08.